The van der Waals surface area contributed by atoms with Gasteiger partial charge >= 0.3 is 6.01 Å². The maximum Gasteiger partial charge on any atom is 0.321 e. The van der Waals surface area contributed by atoms with E-state index in [1.54, 1.807) is 13.0 Å². The van der Waals surface area contributed by atoms with Crippen molar-refractivity contribution in [2.45, 2.75) is 13.5 Å². The van der Waals surface area contributed by atoms with Gasteiger partial charge < -0.3 is 9.84 Å². The van der Waals surface area contributed by atoms with E-state index in [1.807, 2.05) is 6.07 Å². The van der Waals surface area contributed by atoms with E-state index in [0.717, 1.165) is 5.56 Å². The Kier molecular flexibility index (Phi) is 3.19. The molecule has 4 nitrogen and oxygen atoms in total. The summed E-state index contributed by atoms with van der Waals surface area (Å²) in [6.45, 7) is 2.17. The van der Waals surface area contributed by atoms with Gasteiger partial charge in [0.25, 0.3) is 0 Å². The number of nitrogens with zero attached hydrogens (tertiary/aromatic N) is 2. The van der Waals surface area contributed by atoms with Crippen molar-refractivity contribution < 1.29 is 8.91 Å². The first-order chi connectivity index (χ1) is 7.65. The Labute approximate surface area is 100.0 Å². The topological polar surface area (TPSA) is 51.0 Å². The molecule has 1 aromatic carbocycles. The van der Waals surface area contributed by atoms with Gasteiger partial charge in [-0.15, -0.1) is 0 Å². The van der Waals surface area contributed by atoms with Crippen LogP contribution in [0.3, 0.4) is 0 Å². The monoisotopic (exact) mass is 285 g/mol. The van der Waals surface area contributed by atoms with E-state index in [-0.39, 0.29) is 5.82 Å². The van der Waals surface area contributed by atoms with Gasteiger partial charge in [-0.25, -0.2) is 4.39 Å². The second-order valence-corrected chi connectivity index (χ2v) is 4.10. The molecule has 84 valence electrons. The van der Waals surface area contributed by atoms with Crippen LogP contribution in [0, 0.1) is 12.7 Å². The standard InChI is InChI=1S/C10H9BrFN3O/c1-6-14-10(16-15-6)13-5-7-2-3-8(11)9(12)4-7/h2-4H,5H2,1H3,(H,13,14,15). The van der Waals surface area contributed by atoms with Crippen LogP contribution in [0.4, 0.5) is 10.4 Å². The summed E-state index contributed by atoms with van der Waals surface area (Å²) in [6.07, 6.45) is 0. The fourth-order valence-electron chi connectivity index (χ4n) is 1.20. The fraction of sp³-hybridized carbons (Fsp3) is 0.200. The van der Waals surface area contributed by atoms with Crippen LogP contribution in [0.2, 0.25) is 0 Å². The summed E-state index contributed by atoms with van der Waals surface area (Å²) in [4.78, 5) is 3.97. The molecule has 0 aliphatic heterocycles. The molecule has 0 bridgehead atoms. The van der Waals surface area contributed by atoms with Gasteiger partial charge in [-0.3, -0.25) is 0 Å². The number of hydrogen-bond acceptors (Lipinski definition) is 4. The van der Waals surface area contributed by atoms with E-state index < -0.39 is 0 Å². The molecule has 0 atom stereocenters. The number of nitrogens with one attached hydrogen (secondary N) is 1. The van der Waals surface area contributed by atoms with Crippen molar-refractivity contribution >= 4 is 21.9 Å². The zero-order valence-electron chi connectivity index (χ0n) is 8.50. The fourth-order valence-corrected chi connectivity index (χ4v) is 1.44. The van der Waals surface area contributed by atoms with E-state index in [0.29, 0.717) is 22.9 Å². The van der Waals surface area contributed by atoms with E-state index in [4.69, 9.17) is 4.52 Å². The van der Waals surface area contributed by atoms with Crippen LogP contribution in [0.25, 0.3) is 0 Å². The number of hydrogen-bond donors (Lipinski definition) is 1. The molecule has 2 aromatic rings. The highest BCUT2D eigenvalue weighted by Gasteiger charge is 2.03. The predicted molar refractivity (Wildman–Crippen MR) is 60.5 cm³/mol. The largest absolute Gasteiger partial charge is 0.334 e. The first-order valence-corrected chi connectivity index (χ1v) is 5.42. The van der Waals surface area contributed by atoms with E-state index in [1.165, 1.54) is 6.07 Å². The van der Waals surface area contributed by atoms with Gasteiger partial charge in [0.1, 0.15) is 5.82 Å². The molecule has 1 N–H and O–H groups in total. The normalized spacial score (nSPS) is 10.4. The average Bonchev–Trinajstić information content (AvgIpc) is 2.66. The second kappa shape index (κ2) is 4.61. The number of halogens is 2. The SMILES string of the molecule is Cc1noc(NCc2ccc(Br)c(F)c2)n1. The summed E-state index contributed by atoms with van der Waals surface area (Å²) in [6, 6.07) is 5.25. The van der Waals surface area contributed by atoms with Crippen molar-refractivity contribution in [3.8, 4) is 0 Å². The first kappa shape index (κ1) is 11.1. The molecule has 0 saturated carbocycles. The molecule has 6 heteroatoms. The number of anilines is 1. The van der Waals surface area contributed by atoms with Crippen molar-refractivity contribution in [3.05, 3.63) is 39.9 Å². The molecule has 0 fully saturated rings. The van der Waals surface area contributed by atoms with Crippen molar-refractivity contribution in [2.24, 2.45) is 0 Å². The quantitative estimate of drug-likeness (QED) is 0.942. The van der Waals surface area contributed by atoms with Crippen LogP contribution in [0.5, 0.6) is 0 Å². The molecule has 0 spiro atoms. The van der Waals surface area contributed by atoms with Crippen molar-refractivity contribution in [2.75, 3.05) is 5.32 Å². The summed E-state index contributed by atoms with van der Waals surface area (Å²) >= 11 is 3.09. The minimum atomic E-state index is -0.291. The molecule has 0 amide bonds. The maximum atomic E-state index is 13.2. The lowest BCUT2D eigenvalue weighted by atomic mass is 10.2. The van der Waals surface area contributed by atoms with Crippen LogP contribution in [-0.2, 0) is 6.54 Å². The second-order valence-electron chi connectivity index (χ2n) is 3.25. The minimum Gasteiger partial charge on any atom is -0.334 e. The third kappa shape index (κ3) is 2.57. The van der Waals surface area contributed by atoms with Crippen molar-refractivity contribution in [1.82, 2.24) is 10.1 Å². The zero-order valence-corrected chi connectivity index (χ0v) is 10.1. The highest BCUT2D eigenvalue weighted by molar-refractivity contribution is 9.10. The highest BCUT2D eigenvalue weighted by Crippen LogP contribution is 2.17. The van der Waals surface area contributed by atoms with Gasteiger partial charge in [0.2, 0.25) is 0 Å². The number of aryl methyl sites for hydroxylation is 1. The molecular weight excluding hydrogens is 277 g/mol. The summed E-state index contributed by atoms with van der Waals surface area (Å²) in [5.41, 5.74) is 0.802. The average molecular weight is 286 g/mol. The van der Waals surface area contributed by atoms with E-state index in [9.17, 15) is 4.39 Å². The number of rotatable bonds is 3. The predicted octanol–water partition coefficient (Wildman–Crippen LogP) is 2.89. The lowest BCUT2D eigenvalue weighted by Gasteiger charge is -2.02. The number of benzene rings is 1. The molecule has 0 unspecified atom stereocenters. The maximum absolute atomic E-state index is 13.2. The Balaban J connectivity index is 2.02. The molecule has 2 rings (SSSR count). The summed E-state index contributed by atoms with van der Waals surface area (Å²) in [7, 11) is 0. The summed E-state index contributed by atoms with van der Waals surface area (Å²) in [5.74, 6) is 0.269. The van der Waals surface area contributed by atoms with E-state index >= 15 is 0 Å². The third-order valence-electron chi connectivity index (χ3n) is 1.96. The molecule has 16 heavy (non-hydrogen) atoms. The Hall–Kier alpha value is -1.43. The summed E-state index contributed by atoms with van der Waals surface area (Å²) in [5, 5.41) is 6.54. The Morgan fingerprint density at radius 3 is 2.94 bits per heavy atom. The van der Waals surface area contributed by atoms with Crippen LogP contribution >= 0.6 is 15.9 Å². The molecule has 1 heterocycles. The van der Waals surface area contributed by atoms with Crippen LogP contribution < -0.4 is 5.32 Å². The third-order valence-corrected chi connectivity index (χ3v) is 2.60. The lowest BCUT2D eigenvalue weighted by molar-refractivity contribution is 0.425. The molecule has 1 aromatic heterocycles. The van der Waals surface area contributed by atoms with Crippen LogP contribution in [0.1, 0.15) is 11.4 Å². The smallest absolute Gasteiger partial charge is 0.321 e. The molecule has 0 aliphatic rings. The van der Waals surface area contributed by atoms with Gasteiger partial charge in [0.05, 0.1) is 4.47 Å². The minimum absolute atomic E-state index is 0.291. The molecular formula is C10H9BrFN3O. The first-order valence-electron chi connectivity index (χ1n) is 4.63. The van der Waals surface area contributed by atoms with Gasteiger partial charge in [-0.1, -0.05) is 11.2 Å². The van der Waals surface area contributed by atoms with Gasteiger partial charge in [-0.05, 0) is 40.5 Å². The zero-order chi connectivity index (χ0) is 11.5. The van der Waals surface area contributed by atoms with Crippen LogP contribution in [0.15, 0.2) is 27.2 Å². The van der Waals surface area contributed by atoms with Crippen molar-refractivity contribution in [1.29, 1.82) is 0 Å². The molecule has 0 aliphatic carbocycles. The summed E-state index contributed by atoms with van der Waals surface area (Å²) < 4.78 is 18.5. The Morgan fingerprint density at radius 2 is 2.31 bits per heavy atom. The van der Waals surface area contributed by atoms with Gasteiger partial charge in [-0.2, -0.15) is 4.98 Å². The molecule has 0 saturated heterocycles. The van der Waals surface area contributed by atoms with Crippen molar-refractivity contribution in [3.63, 3.8) is 0 Å². The number of aromatic nitrogens is 2. The lowest BCUT2D eigenvalue weighted by Crippen LogP contribution is -2.00. The highest BCUT2D eigenvalue weighted by atomic mass is 79.9. The van der Waals surface area contributed by atoms with Gasteiger partial charge in [0.15, 0.2) is 5.82 Å². The van der Waals surface area contributed by atoms with E-state index in [2.05, 4.69) is 31.4 Å². The van der Waals surface area contributed by atoms with Crippen LogP contribution in [-0.4, -0.2) is 10.1 Å². The Morgan fingerprint density at radius 1 is 1.50 bits per heavy atom. The Bertz CT molecular complexity index is 501. The molecule has 0 radical (unpaired) electrons. The van der Waals surface area contributed by atoms with Gasteiger partial charge in [0, 0.05) is 6.54 Å².